The lowest BCUT2D eigenvalue weighted by molar-refractivity contribution is -0.693. The van der Waals surface area contributed by atoms with Crippen molar-refractivity contribution in [2.24, 2.45) is 5.92 Å². The number of unbranched alkanes of at least 4 members (excludes halogenated alkanes) is 12. The highest BCUT2D eigenvalue weighted by Gasteiger charge is 2.23. The highest BCUT2D eigenvalue weighted by Crippen LogP contribution is 2.21. The third kappa shape index (κ3) is 11.5. The van der Waals surface area contributed by atoms with Crippen LogP contribution in [-0.4, -0.2) is 23.9 Å². The van der Waals surface area contributed by atoms with Crippen molar-refractivity contribution in [1.82, 2.24) is 4.90 Å². The fourth-order valence-electron chi connectivity index (χ4n) is 4.64. The van der Waals surface area contributed by atoms with Crippen LogP contribution in [0.15, 0.2) is 17.1 Å². The van der Waals surface area contributed by atoms with Gasteiger partial charge in [-0.25, -0.2) is 0 Å². The van der Waals surface area contributed by atoms with Gasteiger partial charge in [-0.2, -0.15) is 4.57 Å². The molecular formula is C26H47N2OS+. The number of nitrogens with zero attached hydrogens (tertiary/aromatic N) is 2. The fourth-order valence-corrected chi connectivity index (χ4v) is 5.27. The third-order valence-electron chi connectivity index (χ3n) is 6.78. The number of rotatable bonds is 17. The van der Waals surface area contributed by atoms with Gasteiger partial charge in [-0.15, -0.1) is 0 Å². The Hall–Kier alpha value is -0.900. The van der Waals surface area contributed by atoms with E-state index in [1.54, 1.807) is 11.3 Å². The smallest absolute Gasteiger partial charge is 0.224 e. The van der Waals surface area contributed by atoms with Gasteiger partial charge < -0.3 is 4.90 Å². The summed E-state index contributed by atoms with van der Waals surface area (Å²) in [6, 6.07) is 0. The van der Waals surface area contributed by atoms with E-state index < -0.39 is 0 Å². The fraction of sp³-hybridized carbons (Fsp3) is 0.846. The molecule has 1 saturated heterocycles. The highest BCUT2D eigenvalue weighted by atomic mass is 32.1. The molecule has 1 aliphatic heterocycles. The number of thiazole rings is 1. The van der Waals surface area contributed by atoms with Crippen LogP contribution in [0.5, 0.6) is 0 Å². The SMILES string of the molecule is CCCCCCCCCCCCCCCC(=O)N1CCC(CC[n+]2ccsc2)CC1. The maximum Gasteiger partial charge on any atom is 0.224 e. The molecular weight excluding hydrogens is 388 g/mol. The van der Waals surface area contributed by atoms with Gasteiger partial charge >= 0.3 is 0 Å². The largest absolute Gasteiger partial charge is 0.343 e. The van der Waals surface area contributed by atoms with Crippen molar-refractivity contribution in [2.45, 2.75) is 123 Å². The molecule has 30 heavy (non-hydrogen) atoms. The molecule has 172 valence electrons. The van der Waals surface area contributed by atoms with Crippen LogP contribution in [0.3, 0.4) is 0 Å². The van der Waals surface area contributed by atoms with Gasteiger partial charge in [-0.05, 0) is 25.2 Å². The standard InChI is InChI=1S/C26H47N2OS/c1-2-3-4-5-6-7-8-9-10-11-12-13-14-15-26(29)28-20-17-25(18-21-28)16-19-27-22-23-30-24-27/h22-25H,2-21H2,1H3/q+1. The van der Waals surface area contributed by atoms with Crippen LogP contribution in [-0.2, 0) is 11.3 Å². The van der Waals surface area contributed by atoms with Gasteiger partial charge in [-0.1, -0.05) is 95.3 Å². The number of carbonyl (C=O) groups is 1. The first-order valence-electron chi connectivity index (χ1n) is 13.0. The summed E-state index contributed by atoms with van der Waals surface area (Å²) in [4.78, 5) is 14.6. The van der Waals surface area contributed by atoms with E-state index in [-0.39, 0.29) is 0 Å². The highest BCUT2D eigenvalue weighted by molar-refractivity contribution is 7.07. The quantitative estimate of drug-likeness (QED) is 0.188. The molecule has 0 aliphatic carbocycles. The predicted molar refractivity (Wildman–Crippen MR) is 129 cm³/mol. The van der Waals surface area contributed by atoms with Crippen LogP contribution < -0.4 is 4.57 Å². The first-order chi connectivity index (χ1) is 14.8. The number of hydrogen-bond donors (Lipinski definition) is 0. The minimum absolute atomic E-state index is 0.406. The summed E-state index contributed by atoms with van der Waals surface area (Å²) in [5.74, 6) is 1.20. The van der Waals surface area contributed by atoms with E-state index in [9.17, 15) is 4.79 Å². The van der Waals surface area contributed by atoms with Gasteiger partial charge in [0.25, 0.3) is 0 Å². The Balaban J connectivity index is 1.36. The van der Waals surface area contributed by atoms with Crippen molar-refractivity contribution in [3.05, 3.63) is 17.1 Å². The first kappa shape index (κ1) is 25.4. The topological polar surface area (TPSA) is 24.2 Å². The molecule has 2 rings (SSSR count). The molecule has 4 heteroatoms. The molecule has 0 bridgehead atoms. The van der Waals surface area contributed by atoms with E-state index in [2.05, 4.69) is 33.5 Å². The second-order valence-corrected chi connectivity index (χ2v) is 10.1. The number of likely N-dealkylation sites (tertiary alicyclic amines) is 1. The number of carbonyl (C=O) groups excluding carboxylic acids is 1. The number of hydrogen-bond acceptors (Lipinski definition) is 2. The van der Waals surface area contributed by atoms with E-state index in [0.717, 1.165) is 38.4 Å². The Bertz CT molecular complexity index is 523. The minimum atomic E-state index is 0.406. The van der Waals surface area contributed by atoms with Crippen LogP contribution in [0, 0.1) is 5.92 Å². The zero-order valence-electron chi connectivity index (χ0n) is 19.7. The molecule has 0 aromatic carbocycles. The normalized spacial score (nSPS) is 15.0. The third-order valence-corrected chi connectivity index (χ3v) is 7.46. The molecule has 1 aromatic rings. The molecule has 1 aromatic heterocycles. The average Bonchev–Trinajstić information content (AvgIpc) is 3.29. The van der Waals surface area contributed by atoms with E-state index in [1.165, 1.54) is 96.3 Å². The summed E-state index contributed by atoms with van der Waals surface area (Å²) in [6.07, 6.45) is 24.3. The number of aromatic nitrogens is 1. The maximum absolute atomic E-state index is 12.5. The van der Waals surface area contributed by atoms with Crippen molar-refractivity contribution >= 4 is 17.2 Å². The zero-order chi connectivity index (χ0) is 21.3. The molecule has 3 nitrogen and oxygen atoms in total. The Morgan fingerprint density at radius 2 is 1.47 bits per heavy atom. The lowest BCUT2D eigenvalue weighted by Crippen LogP contribution is -2.39. The molecule has 0 spiro atoms. The second-order valence-electron chi connectivity index (χ2n) is 9.37. The lowest BCUT2D eigenvalue weighted by Gasteiger charge is -2.31. The molecule has 0 unspecified atom stereocenters. The summed E-state index contributed by atoms with van der Waals surface area (Å²) in [6.45, 7) is 5.38. The average molecular weight is 436 g/mol. The molecule has 0 radical (unpaired) electrons. The van der Waals surface area contributed by atoms with Crippen molar-refractivity contribution in [3.63, 3.8) is 0 Å². The summed E-state index contributed by atoms with van der Waals surface area (Å²) < 4.78 is 2.29. The predicted octanol–water partition coefficient (Wildman–Crippen LogP) is 7.15. The van der Waals surface area contributed by atoms with E-state index in [1.807, 2.05) is 0 Å². The molecule has 2 heterocycles. The lowest BCUT2D eigenvalue weighted by atomic mass is 9.93. The maximum atomic E-state index is 12.5. The molecule has 1 amide bonds. The molecule has 1 fully saturated rings. The van der Waals surface area contributed by atoms with Crippen LogP contribution in [0.4, 0.5) is 0 Å². The molecule has 0 atom stereocenters. The Kier molecular flexibility index (Phi) is 14.2. The van der Waals surface area contributed by atoms with Crippen molar-refractivity contribution < 1.29 is 9.36 Å². The van der Waals surface area contributed by atoms with Gasteiger partial charge in [0.1, 0.15) is 6.54 Å². The van der Waals surface area contributed by atoms with E-state index in [4.69, 9.17) is 0 Å². The summed E-state index contributed by atoms with van der Waals surface area (Å²) in [7, 11) is 0. The number of aryl methyl sites for hydroxylation is 1. The van der Waals surface area contributed by atoms with Gasteiger partial charge in [0.05, 0.1) is 5.38 Å². The van der Waals surface area contributed by atoms with Crippen LogP contribution >= 0.6 is 11.3 Å². The molecule has 1 aliphatic rings. The number of piperidine rings is 1. The van der Waals surface area contributed by atoms with E-state index in [0.29, 0.717) is 5.91 Å². The monoisotopic (exact) mass is 435 g/mol. The second kappa shape index (κ2) is 16.8. The van der Waals surface area contributed by atoms with Crippen molar-refractivity contribution in [3.8, 4) is 0 Å². The Labute approximate surface area is 190 Å². The van der Waals surface area contributed by atoms with Crippen LogP contribution in [0.25, 0.3) is 0 Å². The van der Waals surface area contributed by atoms with Crippen LogP contribution in [0.2, 0.25) is 0 Å². The number of amides is 1. The van der Waals surface area contributed by atoms with Gasteiger partial charge in [0.15, 0.2) is 6.20 Å². The van der Waals surface area contributed by atoms with Crippen LogP contribution in [0.1, 0.15) is 116 Å². The van der Waals surface area contributed by atoms with Gasteiger partial charge in [0.2, 0.25) is 11.4 Å². The van der Waals surface area contributed by atoms with Gasteiger partial charge in [0, 0.05) is 25.9 Å². The van der Waals surface area contributed by atoms with E-state index >= 15 is 0 Å². The minimum Gasteiger partial charge on any atom is -0.343 e. The van der Waals surface area contributed by atoms with Gasteiger partial charge in [-0.3, -0.25) is 4.79 Å². The van der Waals surface area contributed by atoms with Crippen molar-refractivity contribution in [2.75, 3.05) is 13.1 Å². The summed E-state index contributed by atoms with van der Waals surface area (Å²) in [5, 5.41) is 2.14. The summed E-state index contributed by atoms with van der Waals surface area (Å²) >= 11 is 1.76. The Morgan fingerprint density at radius 3 is 2.00 bits per heavy atom. The molecule has 0 saturated carbocycles. The summed E-state index contributed by atoms with van der Waals surface area (Å²) in [5.41, 5.74) is 2.19. The Morgan fingerprint density at radius 1 is 0.900 bits per heavy atom. The zero-order valence-corrected chi connectivity index (χ0v) is 20.5. The molecule has 0 N–H and O–H groups in total. The van der Waals surface area contributed by atoms with Crippen molar-refractivity contribution in [1.29, 1.82) is 0 Å². The first-order valence-corrected chi connectivity index (χ1v) is 13.9.